The molecule has 0 aliphatic rings. The van der Waals surface area contributed by atoms with E-state index in [1.807, 2.05) is 13.8 Å². The maximum absolute atomic E-state index is 11.3. The van der Waals surface area contributed by atoms with Crippen molar-refractivity contribution in [1.29, 1.82) is 0 Å². The number of nitrogens with one attached hydrogen (secondary N) is 1. The Morgan fingerprint density at radius 3 is 2.55 bits per heavy atom. The normalized spacial score (nSPS) is 10.5. The first-order valence-corrected chi connectivity index (χ1v) is 7.28. The summed E-state index contributed by atoms with van der Waals surface area (Å²) in [5.41, 5.74) is 0.822. The van der Waals surface area contributed by atoms with Crippen molar-refractivity contribution in [2.45, 2.75) is 40.0 Å². The minimum Gasteiger partial charge on any atom is -0.505 e. The number of anilines is 1. The summed E-state index contributed by atoms with van der Waals surface area (Å²) in [6, 6.07) is 3.38. The van der Waals surface area contributed by atoms with E-state index in [4.69, 9.17) is 9.84 Å². The Bertz CT molecular complexity index is 540. The quantitative estimate of drug-likeness (QED) is 0.642. The van der Waals surface area contributed by atoms with Gasteiger partial charge in [0.25, 0.3) is 0 Å². The maximum atomic E-state index is 11.3. The molecule has 0 fully saturated rings. The first-order chi connectivity index (χ1) is 10.3. The zero-order valence-electron chi connectivity index (χ0n) is 13.2. The molecular formula is C16H23NO5. The van der Waals surface area contributed by atoms with Gasteiger partial charge in [0, 0.05) is 13.3 Å². The number of carbonyl (C=O) groups excluding carboxylic acids is 1. The zero-order chi connectivity index (χ0) is 16.7. The summed E-state index contributed by atoms with van der Waals surface area (Å²) in [5, 5.41) is 21.5. The first-order valence-electron chi connectivity index (χ1n) is 7.28. The number of carboxylic acids is 1. The molecule has 1 aromatic rings. The van der Waals surface area contributed by atoms with Crippen LogP contribution in [0.25, 0.3) is 0 Å². The summed E-state index contributed by atoms with van der Waals surface area (Å²) in [7, 11) is 0. The van der Waals surface area contributed by atoms with E-state index >= 15 is 0 Å². The number of hydrogen-bond donors (Lipinski definition) is 3. The van der Waals surface area contributed by atoms with E-state index in [1.165, 1.54) is 6.92 Å². The number of aryl methyl sites for hydroxylation is 1. The molecular weight excluding hydrogens is 286 g/mol. The fraction of sp³-hybridized carbons (Fsp3) is 0.500. The molecule has 22 heavy (non-hydrogen) atoms. The Morgan fingerprint density at radius 1 is 1.32 bits per heavy atom. The largest absolute Gasteiger partial charge is 0.505 e. The third-order valence-corrected chi connectivity index (χ3v) is 2.93. The third kappa shape index (κ3) is 5.63. The Balaban J connectivity index is 2.97. The lowest BCUT2D eigenvalue weighted by Gasteiger charge is -2.16. The highest BCUT2D eigenvalue weighted by molar-refractivity contribution is 5.92. The molecule has 0 heterocycles. The van der Waals surface area contributed by atoms with Crippen molar-refractivity contribution in [3.63, 3.8) is 0 Å². The van der Waals surface area contributed by atoms with Gasteiger partial charge in [0.2, 0.25) is 5.91 Å². The minimum absolute atomic E-state index is 0.0283. The molecule has 6 nitrogen and oxygen atoms in total. The molecule has 0 aliphatic carbocycles. The highest BCUT2D eigenvalue weighted by Crippen LogP contribution is 2.37. The van der Waals surface area contributed by atoms with Crippen LogP contribution in [0, 0.1) is 5.92 Å². The number of carbonyl (C=O) groups is 2. The van der Waals surface area contributed by atoms with Gasteiger partial charge in [-0.2, -0.15) is 0 Å². The summed E-state index contributed by atoms with van der Waals surface area (Å²) in [6.45, 7) is 5.81. The lowest BCUT2D eigenvalue weighted by molar-refractivity contribution is -0.137. The van der Waals surface area contributed by atoms with Crippen LogP contribution in [0.1, 0.15) is 39.2 Å². The van der Waals surface area contributed by atoms with Crippen LogP contribution in [-0.4, -0.2) is 28.7 Å². The molecule has 122 valence electrons. The van der Waals surface area contributed by atoms with Gasteiger partial charge < -0.3 is 20.3 Å². The Morgan fingerprint density at radius 2 is 2.00 bits per heavy atom. The van der Waals surface area contributed by atoms with Crippen LogP contribution in [0.15, 0.2) is 12.1 Å². The van der Waals surface area contributed by atoms with Crippen LogP contribution in [0.3, 0.4) is 0 Å². The van der Waals surface area contributed by atoms with Crippen molar-refractivity contribution in [3.05, 3.63) is 17.7 Å². The molecule has 0 spiro atoms. The Labute approximate surface area is 130 Å². The summed E-state index contributed by atoms with van der Waals surface area (Å²) in [6.07, 6.45) is 0.851. The van der Waals surface area contributed by atoms with Crippen molar-refractivity contribution in [3.8, 4) is 11.5 Å². The van der Waals surface area contributed by atoms with Crippen LogP contribution in [0.4, 0.5) is 5.69 Å². The molecule has 0 aromatic heterocycles. The molecule has 6 heteroatoms. The Kier molecular flexibility index (Phi) is 6.69. The van der Waals surface area contributed by atoms with Gasteiger partial charge in [-0.15, -0.1) is 0 Å². The number of aromatic hydroxyl groups is 1. The van der Waals surface area contributed by atoms with Crippen molar-refractivity contribution < 1.29 is 24.5 Å². The predicted octanol–water partition coefficient (Wildman–Crippen LogP) is 2.79. The van der Waals surface area contributed by atoms with Crippen molar-refractivity contribution in [1.82, 2.24) is 0 Å². The van der Waals surface area contributed by atoms with E-state index in [2.05, 4.69) is 5.32 Å². The molecule has 0 unspecified atom stereocenters. The SMILES string of the molecule is CC(=O)Nc1c(OCC(C)C)ccc(CCCC(=O)O)c1O. The molecule has 0 bridgehead atoms. The molecule has 0 radical (unpaired) electrons. The predicted molar refractivity (Wildman–Crippen MR) is 83.3 cm³/mol. The average Bonchev–Trinajstić information content (AvgIpc) is 2.40. The van der Waals surface area contributed by atoms with Gasteiger partial charge in [0.15, 0.2) is 0 Å². The first kappa shape index (κ1) is 17.8. The molecule has 0 saturated heterocycles. The topological polar surface area (TPSA) is 95.9 Å². The second-order valence-electron chi connectivity index (χ2n) is 5.58. The minimum atomic E-state index is -0.876. The summed E-state index contributed by atoms with van der Waals surface area (Å²) < 4.78 is 5.61. The standard InChI is InChI=1S/C16H23NO5/c1-10(2)9-22-13-8-7-12(5-4-6-14(19)20)16(21)15(13)17-11(3)18/h7-8,10,21H,4-6,9H2,1-3H3,(H,17,18)(H,19,20). The molecule has 0 atom stereocenters. The van der Waals surface area contributed by atoms with E-state index in [9.17, 15) is 14.7 Å². The van der Waals surface area contributed by atoms with E-state index in [0.717, 1.165) is 0 Å². The van der Waals surface area contributed by atoms with Gasteiger partial charge in [-0.3, -0.25) is 9.59 Å². The van der Waals surface area contributed by atoms with E-state index < -0.39 is 5.97 Å². The molecule has 3 N–H and O–H groups in total. The number of aliphatic carboxylic acids is 1. The number of phenols is 1. The smallest absolute Gasteiger partial charge is 0.303 e. The van der Waals surface area contributed by atoms with Gasteiger partial charge >= 0.3 is 5.97 Å². The number of rotatable bonds is 8. The summed E-state index contributed by atoms with van der Waals surface area (Å²) >= 11 is 0. The van der Waals surface area contributed by atoms with Crippen molar-refractivity contribution >= 4 is 17.6 Å². The van der Waals surface area contributed by atoms with Crippen LogP contribution >= 0.6 is 0 Å². The fourth-order valence-electron chi connectivity index (χ4n) is 1.92. The molecule has 1 rings (SSSR count). The van der Waals surface area contributed by atoms with Crippen LogP contribution in [0.5, 0.6) is 11.5 Å². The van der Waals surface area contributed by atoms with Crippen LogP contribution in [0.2, 0.25) is 0 Å². The second-order valence-corrected chi connectivity index (χ2v) is 5.58. The number of amides is 1. The third-order valence-electron chi connectivity index (χ3n) is 2.93. The number of carboxylic acid groups (broad SMARTS) is 1. The van der Waals surface area contributed by atoms with Gasteiger partial charge in [-0.05, 0) is 30.4 Å². The molecule has 0 aliphatic heterocycles. The van der Waals surface area contributed by atoms with E-state index in [-0.39, 0.29) is 23.8 Å². The van der Waals surface area contributed by atoms with Crippen LogP contribution in [-0.2, 0) is 16.0 Å². The summed E-state index contributed by atoms with van der Waals surface area (Å²) in [5.74, 6) is -0.543. The molecule has 0 saturated carbocycles. The van der Waals surface area contributed by atoms with E-state index in [1.54, 1.807) is 12.1 Å². The van der Waals surface area contributed by atoms with Crippen LogP contribution < -0.4 is 10.1 Å². The summed E-state index contributed by atoms with van der Waals surface area (Å²) in [4.78, 5) is 21.9. The van der Waals surface area contributed by atoms with Crippen molar-refractivity contribution in [2.24, 2.45) is 5.92 Å². The molecule has 1 aromatic carbocycles. The van der Waals surface area contributed by atoms with Gasteiger partial charge in [-0.1, -0.05) is 19.9 Å². The van der Waals surface area contributed by atoms with E-state index in [0.29, 0.717) is 36.7 Å². The highest BCUT2D eigenvalue weighted by atomic mass is 16.5. The lowest BCUT2D eigenvalue weighted by Crippen LogP contribution is -2.11. The second kappa shape index (κ2) is 8.26. The zero-order valence-corrected chi connectivity index (χ0v) is 13.2. The number of ether oxygens (including phenoxy) is 1. The lowest BCUT2D eigenvalue weighted by atomic mass is 10.1. The average molecular weight is 309 g/mol. The molecule has 1 amide bonds. The Hall–Kier alpha value is -2.24. The fourth-order valence-corrected chi connectivity index (χ4v) is 1.92. The van der Waals surface area contributed by atoms with Gasteiger partial charge in [0.05, 0.1) is 6.61 Å². The number of benzene rings is 1. The maximum Gasteiger partial charge on any atom is 0.303 e. The van der Waals surface area contributed by atoms with Gasteiger partial charge in [-0.25, -0.2) is 0 Å². The van der Waals surface area contributed by atoms with Gasteiger partial charge in [0.1, 0.15) is 17.2 Å². The highest BCUT2D eigenvalue weighted by Gasteiger charge is 2.15. The monoisotopic (exact) mass is 309 g/mol. The number of hydrogen-bond acceptors (Lipinski definition) is 4. The number of phenolic OH excluding ortho intramolecular Hbond substituents is 1. The van der Waals surface area contributed by atoms with Crippen molar-refractivity contribution in [2.75, 3.05) is 11.9 Å².